The third kappa shape index (κ3) is 3.82. The van der Waals surface area contributed by atoms with Crippen molar-refractivity contribution in [2.45, 2.75) is 13.3 Å². The fourth-order valence-electron chi connectivity index (χ4n) is 3.83. The van der Waals surface area contributed by atoms with Crippen molar-refractivity contribution in [3.8, 4) is 22.4 Å². The zero-order chi connectivity index (χ0) is 21.4. The molecule has 0 saturated carbocycles. The number of fused-ring (bicyclic) bond motifs is 1. The molecule has 0 unspecified atom stereocenters. The van der Waals surface area contributed by atoms with E-state index in [0.717, 1.165) is 45.0 Å². The van der Waals surface area contributed by atoms with E-state index in [1.807, 2.05) is 60.0 Å². The van der Waals surface area contributed by atoms with Crippen molar-refractivity contribution in [3.05, 3.63) is 113 Å². The van der Waals surface area contributed by atoms with Gasteiger partial charge in [0.25, 0.3) is 0 Å². The number of nitrogens with zero attached hydrogens (tertiary/aromatic N) is 3. The van der Waals surface area contributed by atoms with Crippen LogP contribution in [-0.4, -0.2) is 14.6 Å². The summed E-state index contributed by atoms with van der Waals surface area (Å²) in [5, 5.41) is 5.66. The molecule has 0 aliphatic heterocycles. The fraction of sp³-hybridized carbons (Fsp3) is 0.0769. The van der Waals surface area contributed by atoms with Gasteiger partial charge in [-0.3, -0.25) is 0 Å². The molecule has 0 radical (unpaired) electrons. The Hall–Kier alpha value is -3.50. The molecule has 5 heteroatoms. The summed E-state index contributed by atoms with van der Waals surface area (Å²) < 4.78 is 15.3. The van der Waals surface area contributed by atoms with Crippen LogP contribution in [0.3, 0.4) is 0 Å². The Morgan fingerprint density at radius 3 is 2.29 bits per heavy atom. The van der Waals surface area contributed by atoms with Crippen LogP contribution >= 0.6 is 11.6 Å². The maximum Gasteiger partial charge on any atom is 0.164 e. The molecule has 0 aliphatic rings. The van der Waals surface area contributed by atoms with Crippen molar-refractivity contribution < 1.29 is 4.39 Å². The van der Waals surface area contributed by atoms with Gasteiger partial charge in [-0.2, -0.15) is 5.10 Å². The summed E-state index contributed by atoms with van der Waals surface area (Å²) in [6, 6.07) is 26.5. The van der Waals surface area contributed by atoms with E-state index < -0.39 is 0 Å². The maximum absolute atomic E-state index is 13.4. The van der Waals surface area contributed by atoms with Crippen LogP contribution in [0.4, 0.5) is 4.39 Å². The third-order valence-electron chi connectivity index (χ3n) is 5.28. The molecule has 5 rings (SSSR count). The molecule has 3 nitrogen and oxygen atoms in total. The molecule has 0 amide bonds. The Morgan fingerprint density at radius 2 is 1.58 bits per heavy atom. The molecule has 2 aromatic heterocycles. The van der Waals surface area contributed by atoms with Crippen molar-refractivity contribution in [2.24, 2.45) is 0 Å². The normalized spacial score (nSPS) is 11.2. The highest BCUT2D eigenvalue weighted by atomic mass is 35.5. The first-order chi connectivity index (χ1) is 15.1. The lowest BCUT2D eigenvalue weighted by atomic mass is 10.0. The largest absolute Gasteiger partial charge is 0.233 e. The van der Waals surface area contributed by atoms with Gasteiger partial charge in [0.1, 0.15) is 5.82 Å². The van der Waals surface area contributed by atoms with E-state index in [1.165, 1.54) is 12.1 Å². The maximum atomic E-state index is 13.4. The second-order valence-corrected chi connectivity index (χ2v) is 7.95. The molecule has 3 aromatic carbocycles. The monoisotopic (exact) mass is 427 g/mol. The Morgan fingerprint density at radius 1 is 0.871 bits per heavy atom. The second kappa shape index (κ2) is 7.97. The van der Waals surface area contributed by atoms with E-state index in [-0.39, 0.29) is 5.82 Å². The van der Waals surface area contributed by atoms with Crippen molar-refractivity contribution in [1.82, 2.24) is 14.6 Å². The van der Waals surface area contributed by atoms with Gasteiger partial charge in [-0.25, -0.2) is 13.9 Å². The van der Waals surface area contributed by atoms with Gasteiger partial charge >= 0.3 is 0 Å². The van der Waals surface area contributed by atoms with E-state index in [2.05, 4.69) is 12.1 Å². The predicted octanol–water partition coefficient (Wildman–Crippen LogP) is 6.76. The van der Waals surface area contributed by atoms with E-state index in [0.29, 0.717) is 11.4 Å². The number of hydrogen-bond acceptors (Lipinski definition) is 2. The summed E-state index contributed by atoms with van der Waals surface area (Å²) in [6.45, 7) is 1.99. The minimum absolute atomic E-state index is 0.246. The Kier molecular flexibility index (Phi) is 5.00. The second-order valence-electron chi connectivity index (χ2n) is 7.52. The number of aromatic nitrogens is 3. The Labute approximate surface area is 184 Å². The predicted molar refractivity (Wildman–Crippen MR) is 123 cm³/mol. The molecule has 0 fully saturated rings. The molecule has 152 valence electrons. The summed E-state index contributed by atoms with van der Waals surface area (Å²) in [5.74, 6) is -0.246. The Balaban J connectivity index is 1.76. The van der Waals surface area contributed by atoms with Crippen molar-refractivity contribution in [2.75, 3.05) is 0 Å². The van der Waals surface area contributed by atoms with Crippen molar-refractivity contribution >= 4 is 17.2 Å². The summed E-state index contributed by atoms with van der Waals surface area (Å²) >= 11 is 6.10. The molecular weight excluding hydrogens is 409 g/mol. The fourth-order valence-corrected chi connectivity index (χ4v) is 3.95. The van der Waals surface area contributed by atoms with Crippen LogP contribution in [0.1, 0.15) is 17.0 Å². The highest BCUT2D eigenvalue weighted by Crippen LogP contribution is 2.32. The third-order valence-corrected chi connectivity index (χ3v) is 5.53. The Bertz CT molecular complexity index is 1360. The summed E-state index contributed by atoms with van der Waals surface area (Å²) in [6.07, 6.45) is 0.576. The van der Waals surface area contributed by atoms with Gasteiger partial charge in [-0.05, 0) is 48.4 Å². The van der Waals surface area contributed by atoms with Gasteiger partial charge in [0.2, 0.25) is 0 Å². The average Bonchev–Trinajstić information content (AvgIpc) is 3.13. The first-order valence-corrected chi connectivity index (χ1v) is 10.4. The molecule has 5 aromatic rings. The van der Waals surface area contributed by atoms with Crippen LogP contribution in [-0.2, 0) is 6.42 Å². The van der Waals surface area contributed by atoms with Crippen molar-refractivity contribution in [1.29, 1.82) is 0 Å². The quantitative estimate of drug-likeness (QED) is 0.317. The van der Waals surface area contributed by atoms with Gasteiger partial charge in [0.05, 0.1) is 17.0 Å². The standard InChI is InChI=1S/C26H19ClFN3/c1-17-15-24(19-9-11-21(27)12-10-19)31-26(29-17)25(20-5-3-2-4-6-20)23(30-31)16-18-7-13-22(28)14-8-18/h2-15H,16H2,1H3. The molecule has 0 aliphatic carbocycles. The number of aryl methyl sites for hydroxylation is 1. The minimum Gasteiger partial charge on any atom is -0.233 e. The smallest absolute Gasteiger partial charge is 0.164 e. The molecule has 0 atom stereocenters. The lowest BCUT2D eigenvalue weighted by Gasteiger charge is -2.07. The SMILES string of the molecule is Cc1cc(-c2ccc(Cl)cc2)n2nc(Cc3ccc(F)cc3)c(-c3ccccc3)c2n1. The molecule has 0 bridgehead atoms. The minimum atomic E-state index is -0.246. The van der Waals surface area contributed by atoms with Crippen LogP contribution in [0.2, 0.25) is 5.02 Å². The molecule has 2 heterocycles. The lowest BCUT2D eigenvalue weighted by Crippen LogP contribution is -1.98. The molecule has 0 saturated heterocycles. The van der Waals surface area contributed by atoms with Gasteiger partial charge in [-0.15, -0.1) is 0 Å². The van der Waals surface area contributed by atoms with Crippen LogP contribution < -0.4 is 0 Å². The number of rotatable bonds is 4. The van der Waals surface area contributed by atoms with Gasteiger partial charge in [-0.1, -0.05) is 66.2 Å². The average molecular weight is 428 g/mol. The van der Waals surface area contributed by atoms with E-state index in [4.69, 9.17) is 21.7 Å². The van der Waals surface area contributed by atoms with Gasteiger partial charge < -0.3 is 0 Å². The van der Waals surface area contributed by atoms with Crippen LogP contribution in [0, 0.1) is 12.7 Å². The topological polar surface area (TPSA) is 30.2 Å². The van der Waals surface area contributed by atoms with Crippen LogP contribution in [0.5, 0.6) is 0 Å². The molecule has 0 spiro atoms. The molecular formula is C26H19ClFN3. The summed E-state index contributed by atoms with van der Waals surface area (Å²) in [4.78, 5) is 4.85. The van der Waals surface area contributed by atoms with E-state index in [1.54, 1.807) is 12.1 Å². The van der Waals surface area contributed by atoms with Gasteiger partial charge in [0, 0.05) is 22.7 Å². The van der Waals surface area contributed by atoms with E-state index >= 15 is 0 Å². The summed E-state index contributed by atoms with van der Waals surface area (Å²) in [7, 11) is 0. The highest BCUT2D eigenvalue weighted by molar-refractivity contribution is 6.30. The van der Waals surface area contributed by atoms with Gasteiger partial charge in [0.15, 0.2) is 5.65 Å². The summed E-state index contributed by atoms with van der Waals surface area (Å²) in [5.41, 5.74) is 7.59. The van der Waals surface area contributed by atoms with Crippen molar-refractivity contribution in [3.63, 3.8) is 0 Å². The number of benzene rings is 3. The van der Waals surface area contributed by atoms with E-state index in [9.17, 15) is 4.39 Å². The first-order valence-electron chi connectivity index (χ1n) is 10.0. The molecule has 31 heavy (non-hydrogen) atoms. The molecule has 0 N–H and O–H groups in total. The highest BCUT2D eigenvalue weighted by Gasteiger charge is 2.19. The zero-order valence-corrected chi connectivity index (χ0v) is 17.6. The van der Waals surface area contributed by atoms with Crippen LogP contribution in [0.25, 0.3) is 28.0 Å². The number of halogens is 2. The zero-order valence-electron chi connectivity index (χ0n) is 16.9. The lowest BCUT2D eigenvalue weighted by molar-refractivity contribution is 0.627. The number of hydrogen-bond donors (Lipinski definition) is 0. The first kappa shape index (κ1) is 19.5. The van der Waals surface area contributed by atoms with Crippen LogP contribution in [0.15, 0.2) is 84.9 Å².